The van der Waals surface area contributed by atoms with E-state index in [9.17, 15) is 8.78 Å². The minimum Gasteiger partial charge on any atom is -0.395 e. The third kappa shape index (κ3) is 7.65. The molecule has 0 aliphatic heterocycles. The second-order valence-electron chi connectivity index (χ2n) is 8.28. The summed E-state index contributed by atoms with van der Waals surface area (Å²) in [5.74, 6) is -0.508. The minimum absolute atomic E-state index is 0.0337. The van der Waals surface area contributed by atoms with Crippen molar-refractivity contribution < 1.29 is 18.2 Å². The molecule has 14 heteroatoms. The predicted octanol–water partition coefficient (Wildman–Crippen LogP) is 4.42. The fourth-order valence-corrected chi connectivity index (χ4v) is 4.00. The van der Waals surface area contributed by atoms with Crippen LogP contribution >= 0.6 is 23.8 Å². The zero-order chi connectivity index (χ0) is 27.8. The Morgan fingerprint density at radius 2 is 1.92 bits per heavy atom. The topological polar surface area (TPSA) is 136 Å². The molecule has 6 N–H and O–H groups in total. The molecule has 3 aromatic rings. The van der Waals surface area contributed by atoms with Crippen LogP contribution in [0, 0.1) is 17.0 Å². The van der Waals surface area contributed by atoms with E-state index in [4.69, 9.17) is 32.1 Å². The number of rotatable bonds is 13. The van der Waals surface area contributed by atoms with Gasteiger partial charge in [-0.2, -0.15) is 4.28 Å². The number of aromatic nitrogens is 2. The lowest BCUT2D eigenvalue weighted by molar-refractivity contribution is 0.225. The third-order valence-electron chi connectivity index (χ3n) is 5.36. The highest BCUT2D eigenvalue weighted by Gasteiger charge is 2.17. The van der Waals surface area contributed by atoms with Gasteiger partial charge in [-0.1, -0.05) is 11.6 Å². The first-order valence-electron chi connectivity index (χ1n) is 11.4. The van der Waals surface area contributed by atoms with Crippen molar-refractivity contribution in [3.63, 3.8) is 0 Å². The highest BCUT2D eigenvalue weighted by Crippen LogP contribution is 2.30. The smallest absolute Gasteiger partial charge is 0.163 e. The number of anilines is 4. The van der Waals surface area contributed by atoms with Gasteiger partial charge < -0.3 is 26.5 Å². The zero-order valence-electron chi connectivity index (χ0n) is 21.1. The molecule has 3 rings (SSSR count). The minimum atomic E-state index is -0.644. The first-order valence-corrected chi connectivity index (χ1v) is 12.5. The molecule has 0 aliphatic rings. The maximum Gasteiger partial charge on any atom is 0.163 e. The van der Waals surface area contributed by atoms with E-state index in [0.717, 1.165) is 12.2 Å². The van der Waals surface area contributed by atoms with E-state index in [1.165, 1.54) is 34.6 Å². The zero-order valence-corrected chi connectivity index (χ0v) is 22.6. The van der Waals surface area contributed by atoms with Gasteiger partial charge in [0.2, 0.25) is 0 Å². The number of nitrogens with zero attached hydrogens (tertiary/aromatic N) is 4. The van der Waals surface area contributed by atoms with Gasteiger partial charge in [-0.3, -0.25) is 4.31 Å². The van der Waals surface area contributed by atoms with Crippen molar-refractivity contribution in [2.45, 2.75) is 6.92 Å². The summed E-state index contributed by atoms with van der Waals surface area (Å²) in [6.45, 7) is 3.23. The van der Waals surface area contributed by atoms with Crippen LogP contribution in [-0.4, -0.2) is 66.0 Å². The first kappa shape index (κ1) is 29.3. The van der Waals surface area contributed by atoms with E-state index >= 15 is 0 Å². The van der Waals surface area contributed by atoms with Crippen molar-refractivity contribution in [1.82, 2.24) is 14.9 Å². The van der Waals surface area contributed by atoms with Crippen molar-refractivity contribution in [3.8, 4) is 11.4 Å². The summed E-state index contributed by atoms with van der Waals surface area (Å²) in [4.78, 5) is 10.7. The Morgan fingerprint density at radius 3 is 2.61 bits per heavy atom. The summed E-state index contributed by atoms with van der Waals surface area (Å²) in [7, 11) is 3.44. The number of hydrogen-bond acceptors (Lipinski definition) is 11. The second-order valence-corrected chi connectivity index (χ2v) is 9.58. The van der Waals surface area contributed by atoms with E-state index in [0.29, 0.717) is 41.6 Å². The highest BCUT2D eigenvalue weighted by atomic mass is 35.5. The number of hydrogen-bond donors (Lipinski definition) is 5. The number of aliphatic hydroxyl groups is 1. The molecule has 0 spiro atoms. The van der Waals surface area contributed by atoms with Crippen molar-refractivity contribution in [2.75, 3.05) is 61.2 Å². The molecule has 204 valence electrons. The molecule has 10 nitrogen and oxygen atoms in total. The van der Waals surface area contributed by atoms with Crippen LogP contribution in [0.2, 0.25) is 5.02 Å². The molecular weight excluding hydrogens is 538 g/mol. The Balaban J connectivity index is 1.72. The van der Waals surface area contributed by atoms with Crippen LogP contribution < -0.4 is 20.8 Å². The molecule has 1 aromatic heterocycles. The van der Waals surface area contributed by atoms with Crippen molar-refractivity contribution in [1.29, 1.82) is 5.41 Å². The Labute approximate surface area is 229 Å². The van der Waals surface area contributed by atoms with Gasteiger partial charge in [-0.25, -0.2) is 24.2 Å². The Hall–Kier alpha value is -3.23. The Kier molecular flexibility index (Phi) is 10.4. The molecular formula is C24H29ClF2N8O2S. The SMILES string of the molecule is CC(=N)c1c(N)nc(-c2ccc(NOSN(C)c3cc(Cl)ccc3F)c(F)c2)nc1NCCN(C)CCO. The molecule has 0 aliphatic carbocycles. The number of benzene rings is 2. The lowest BCUT2D eigenvalue weighted by Gasteiger charge is -2.18. The molecule has 0 saturated heterocycles. The lowest BCUT2D eigenvalue weighted by atomic mass is 10.1. The van der Waals surface area contributed by atoms with Crippen LogP contribution in [0.3, 0.4) is 0 Å². The van der Waals surface area contributed by atoms with Crippen LogP contribution in [0.4, 0.5) is 31.8 Å². The van der Waals surface area contributed by atoms with Gasteiger partial charge in [-0.15, -0.1) is 0 Å². The molecule has 0 atom stereocenters. The standard InChI is InChI=1S/C24H29ClF2N8O2S/c1-14(28)21-22(29)31-23(32-24(21)30-8-9-34(2)10-11-36)15-4-7-19(18(27)12-15)33-37-38-35(3)20-13-16(25)5-6-17(20)26/h4-7,12-13,28,33,36H,8-11H2,1-3H3,(H3,29,30,31,32). The third-order valence-corrected chi connectivity index (χ3v) is 6.17. The largest absolute Gasteiger partial charge is 0.395 e. The van der Waals surface area contributed by atoms with Gasteiger partial charge in [0.1, 0.15) is 35.5 Å². The summed E-state index contributed by atoms with van der Waals surface area (Å²) in [6.07, 6.45) is 0. The Morgan fingerprint density at radius 1 is 1.16 bits per heavy atom. The van der Waals surface area contributed by atoms with E-state index in [2.05, 4.69) is 20.8 Å². The van der Waals surface area contributed by atoms with Crippen LogP contribution in [-0.2, 0) is 4.28 Å². The number of aliphatic hydroxyl groups excluding tert-OH is 1. The van der Waals surface area contributed by atoms with E-state index < -0.39 is 11.6 Å². The first-order chi connectivity index (χ1) is 18.1. The van der Waals surface area contributed by atoms with Gasteiger partial charge in [0.25, 0.3) is 0 Å². The van der Waals surface area contributed by atoms with Gasteiger partial charge in [0, 0.05) is 43.0 Å². The fraction of sp³-hybridized carbons (Fsp3) is 0.292. The van der Waals surface area contributed by atoms with Crippen molar-refractivity contribution >= 4 is 52.6 Å². The van der Waals surface area contributed by atoms with Gasteiger partial charge >= 0.3 is 0 Å². The fourth-order valence-electron chi connectivity index (χ4n) is 3.38. The molecule has 0 bridgehead atoms. The number of halogens is 3. The molecule has 0 unspecified atom stereocenters. The molecule has 2 aromatic carbocycles. The van der Waals surface area contributed by atoms with Crippen LogP contribution in [0.25, 0.3) is 11.4 Å². The lowest BCUT2D eigenvalue weighted by Crippen LogP contribution is -2.28. The summed E-state index contributed by atoms with van der Waals surface area (Å²) in [5.41, 5.74) is 9.75. The molecule has 0 radical (unpaired) electrons. The molecule has 0 fully saturated rings. The number of nitrogens with one attached hydrogen (secondary N) is 3. The average molecular weight is 567 g/mol. The summed E-state index contributed by atoms with van der Waals surface area (Å²) >= 11 is 6.67. The van der Waals surface area contributed by atoms with Gasteiger partial charge in [0.15, 0.2) is 5.82 Å². The van der Waals surface area contributed by atoms with Crippen LogP contribution in [0.15, 0.2) is 36.4 Å². The van der Waals surface area contributed by atoms with Crippen LogP contribution in [0.5, 0.6) is 0 Å². The predicted molar refractivity (Wildman–Crippen MR) is 150 cm³/mol. The monoisotopic (exact) mass is 566 g/mol. The summed E-state index contributed by atoms with van der Waals surface area (Å²) in [6, 6.07) is 8.37. The quantitative estimate of drug-likeness (QED) is 0.0875. The molecule has 38 heavy (non-hydrogen) atoms. The maximum atomic E-state index is 14.9. The number of likely N-dealkylation sites (N-methyl/N-ethyl adjacent to an activating group) is 1. The van der Waals surface area contributed by atoms with Gasteiger partial charge in [-0.05, 0) is 50.4 Å². The van der Waals surface area contributed by atoms with Crippen molar-refractivity contribution in [2.24, 2.45) is 0 Å². The number of nitrogen functional groups attached to an aromatic ring is 1. The molecule has 1 heterocycles. The summed E-state index contributed by atoms with van der Waals surface area (Å²) in [5, 5.41) is 20.6. The van der Waals surface area contributed by atoms with E-state index in [1.807, 2.05) is 11.9 Å². The maximum absolute atomic E-state index is 14.9. The Bertz CT molecular complexity index is 1290. The van der Waals surface area contributed by atoms with Crippen molar-refractivity contribution in [3.05, 3.63) is 58.6 Å². The molecule has 0 saturated carbocycles. The number of nitrogens with two attached hydrogens (primary N) is 1. The highest BCUT2D eigenvalue weighted by molar-refractivity contribution is 7.96. The van der Waals surface area contributed by atoms with E-state index in [-0.39, 0.29) is 35.3 Å². The van der Waals surface area contributed by atoms with E-state index in [1.54, 1.807) is 20.0 Å². The second kappa shape index (κ2) is 13.5. The normalized spacial score (nSPS) is 11.1. The molecule has 0 amide bonds. The summed E-state index contributed by atoms with van der Waals surface area (Å²) < 4.78 is 35.5. The van der Waals surface area contributed by atoms with Gasteiger partial charge in [0.05, 0.1) is 23.5 Å². The average Bonchev–Trinajstić information content (AvgIpc) is 2.86. The van der Waals surface area contributed by atoms with Crippen LogP contribution in [0.1, 0.15) is 12.5 Å².